The van der Waals surface area contributed by atoms with Crippen LogP contribution in [0.25, 0.3) is 0 Å². The smallest absolute Gasteiger partial charge is 0.0871 e. The van der Waals surface area contributed by atoms with E-state index in [0.29, 0.717) is 6.04 Å². The third-order valence-corrected chi connectivity index (χ3v) is 1.83. The summed E-state index contributed by atoms with van der Waals surface area (Å²) in [4.78, 5) is 0. The van der Waals surface area contributed by atoms with Gasteiger partial charge in [-0.25, -0.2) is 0 Å². The fourth-order valence-electron chi connectivity index (χ4n) is 0.923. The van der Waals surface area contributed by atoms with Gasteiger partial charge in [-0.15, -0.1) is 0 Å². The molecule has 2 rings (SSSR count). The largest absolute Gasteiger partial charge is 0.215 e. The summed E-state index contributed by atoms with van der Waals surface area (Å²) in [6, 6.07) is 2.42. The van der Waals surface area contributed by atoms with E-state index in [-0.39, 0.29) is 0 Å². The van der Waals surface area contributed by atoms with Gasteiger partial charge in [0.15, 0.2) is 6.04 Å². The van der Waals surface area contributed by atoms with E-state index in [9.17, 15) is 0 Å². The van der Waals surface area contributed by atoms with Crippen molar-refractivity contribution in [2.45, 2.75) is 18.9 Å². The first-order valence-electron chi connectivity index (χ1n) is 3.39. The van der Waals surface area contributed by atoms with Gasteiger partial charge in [-0.05, 0) is 11.2 Å². The van der Waals surface area contributed by atoms with Crippen molar-refractivity contribution < 1.29 is 4.68 Å². The van der Waals surface area contributed by atoms with Gasteiger partial charge in [0.25, 0.3) is 0 Å². The van der Waals surface area contributed by atoms with Crippen LogP contribution < -0.4 is 4.68 Å². The Bertz CT molecular complexity index is 245. The van der Waals surface area contributed by atoms with Crippen LogP contribution in [0.15, 0.2) is 18.5 Å². The van der Waals surface area contributed by atoms with Gasteiger partial charge >= 0.3 is 0 Å². The third kappa shape index (κ3) is 1.12. The lowest BCUT2D eigenvalue weighted by atomic mass is 10.5. The van der Waals surface area contributed by atoms with E-state index in [4.69, 9.17) is 11.6 Å². The minimum atomic E-state index is 0.624. The fraction of sp³-hybridized carbons (Fsp3) is 0.429. The molecule has 0 N–H and O–H groups in total. The Labute approximate surface area is 64.4 Å². The zero-order chi connectivity index (χ0) is 6.97. The molecule has 0 aliphatic heterocycles. The molecule has 1 saturated carbocycles. The summed E-state index contributed by atoms with van der Waals surface area (Å²) in [6.45, 7) is 0. The fourth-order valence-corrected chi connectivity index (χ4v) is 1.08. The van der Waals surface area contributed by atoms with Crippen molar-refractivity contribution >= 4 is 11.6 Å². The van der Waals surface area contributed by atoms with Gasteiger partial charge in [-0.2, -0.15) is 0 Å². The van der Waals surface area contributed by atoms with Gasteiger partial charge in [0, 0.05) is 12.8 Å². The Hall–Kier alpha value is -0.630. The van der Waals surface area contributed by atoms with E-state index in [2.05, 4.69) is 5.10 Å². The molecule has 0 amide bonds. The van der Waals surface area contributed by atoms with Crippen molar-refractivity contribution in [3.05, 3.63) is 23.5 Å². The predicted molar refractivity (Wildman–Crippen MR) is 37.7 cm³/mol. The summed E-state index contributed by atoms with van der Waals surface area (Å²) >= 11 is 5.76. The molecule has 0 bridgehead atoms. The van der Waals surface area contributed by atoms with Crippen molar-refractivity contribution in [1.82, 2.24) is 5.10 Å². The van der Waals surface area contributed by atoms with Crippen LogP contribution in [0, 0.1) is 0 Å². The summed E-state index contributed by atoms with van der Waals surface area (Å²) in [7, 11) is 0. The molecule has 0 unspecified atom stereocenters. The molecule has 1 fully saturated rings. The molecule has 1 aliphatic carbocycles. The Morgan fingerprint density at radius 1 is 1.60 bits per heavy atom. The molecule has 1 aliphatic rings. The molecule has 0 radical (unpaired) electrons. The second-order valence-corrected chi connectivity index (χ2v) is 2.99. The second-order valence-electron chi connectivity index (χ2n) is 2.56. The summed E-state index contributed by atoms with van der Waals surface area (Å²) in [5.41, 5.74) is 0. The average molecular weight is 156 g/mol. The van der Waals surface area contributed by atoms with Gasteiger partial charge in [-0.1, -0.05) is 16.3 Å². The molecule has 1 heterocycles. The molecule has 1 aromatic rings. The standard InChI is InChI=1S/C7H8ClN2/c8-6-3-4-9-10(5-6)7-1-2-7/h3-5,7H,1-2H2/q+1. The highest BCUT2D eigenvalue weighted by atomic mass is 35.5. The van der Waals surface area contributed by atoms with Crippen LogP contribution in [0.5, 0.6) is 0 Å². The molecule has 0 atom stereocenters. The monoisotopic (exact) mass is 155 g/mol. The number of hydrogen-bond donors (Lipinski definition) is 0. The minimum Gasteiger partial charge on any atom is -0.0871 e. The second kappa shape index (κ2) is 2.20. The number of nitrogens with zero attached hydrogens (tertiary/aromatic N) is 2. The highest BCUT2D eigenvalue weighted by Crippen LogP contribution is 2.28. The first kappa shape index (κ1) is 6.10. The molecule has 3 heteroatoms. The quantitative estimate of drug-likeness (QED) is 0.560. The first-order valence-corrected chi connectivity index (χ1v) is 3.77. The molecular weight excluding hydrogens is 148 g/mol. The summed E-state index contributed by atoms with van der Waals surface area (Å²) in [6.07, 6.45) is 6.11. The van der Waals surface area contributed by atoms with E-state index in [1.807, 2.05) is 10.9 Å². The van der Waals surface area contributed by atoms with Gasteiger partial charge in [-0.3, -0.25) is 0 Å². The Balaban J connectivity index is 2.32. The molecule has 0 aromatic carbocycles. The Morgan fingerprint density at radius 2 is 2.40 bits per heavy atom. The Kier molecular flexibility index (Phi) is 1.34. The SMILES string of the molecule is Clc1ccn[n+](C2CC2)c1. The first-order chi connectivity index (χ1) is 4.86. The van der Waals surface area contributed by atoms with Crippen LogP contribution in [-0.4, -0.2) is 5.10 Å². The van der Waals surface area contributed by atoms with Crippen LogP contribution in [0.3, 0.4) is 0 Å². The third-order valence-electron chi connectivity index (χ3n) is 1.61. The maximum Gasteiger partial charge on any atom is 0.215 e. The molecule has 2 nitrogen and oxygen atoms in total. The van der Waals surface area contributed by atoms with E-state index in [0.717, 1.165) is 5.02 Å². The lowest BCUT2D eigenvalue weighted by molar-refractivity contribution is -0.757. The van der Waals surface area contributed by atoms with Gasteiger partial charge in [0.1, 0.15) is 5.02 Å². The van der Waals surface area contributed by atoms with Gasteiger partial charge in [0.2, 0.25) is 6.20 Å². The maximum atomic E-state index is 5.76. The van der Waals surface area contributed by atoms with Crippen LogP contribution in [0.4, 0.5) is 0 Å². The van der Waals surface area contributed by atoms with Crippen LogP contribution >= 0.6 is 11.6 Å². The van der Waals surface area contributed by atoms with Crippen LogP contribution in [-0.2, 0) is 0 Å². The molecule has 0 saturated heterocycles. The number of hydrogen-bond acceptors (Lipinski definition) is 1. The van der Waals surface area contributed by atoms with Crippen LogP contribution in [0.2, 0.25) is 5.02 Å². The zero-order valence-electron chi connectivity index (χ0n) is 5.50. The summed E-state index contributed by atoms with van der Waals surface area (Å²) < 4.78 is 1.93. The summed E-state index contributed by atoms with van der Waals surface area (Å²) in [5.74, 6) is 0. The van der Waals surface area contributed by atoms with Crippen LogP contribution in [0.1, 0.15) is 18.9 Å². The van der Waals surface area contributed by atoms with Gasteiger partial charge < -0.3 is 0 Å². The molecule has 1 aromatic heterocycles. The minimum absolute atomic E-state index is 0.624. The lowest BCUT2D eigenvalue weighted by Crippen LogP contribution is -2.35. The maximum absolute atomic E-state index is 5.76. The highest BCUT2D eigenvalue weighted by Gasteiger charge is 2.33. The van der Waals surface area contributed by atoms with Crippen molar-refractivity contribution in [1.29, 1.82) is 0 Å². The predicted octanol–water partition coefficient (Wildman–Crippen LogP) is 1.36. The molecular formula is C7H8ClN2+. The van der Waals surface area contributed by atoms with E-state index in [1.54, 1.807) is 12.3 Å². The average Bonchev–Trinajstić information content (AvgIpc) is 2.68. The number of rotatable bonds is 1. The molecule has 10 heavy (non-hydrogen) atoms. The van der Waals surface area contributed by atoms with Crippen molar-refractivity contribution in [3.63, 3.8) is 0 Å². The lowest BCUT2D eigenvalue weighted by Gasteiger charge is -1.87. The number of halogens is 1. The normalized spacial score (nSPS) is 17.3. The van der Waals surface area contributed by atoms with E-state index >= 15 is 0 Å². The van der Waals surface area contributed by atoms with Crippen molar-refractivity contribution in [3.8, 4) is 0 Å². The van der Waals surface area contributed by atoms with Crippen molar-refractivity contribution in [2.75, 3.05) is 0 Å². The van der Waals surface area contributed by atoms with Gasteiger partial charge in [0.05, 0.1) is 6.20 Å². The number of aromatic nitrogens is 2. The molecule has 0 spiro atoms. The van der Waals surface area contributed by atoms with Crippen molar-refractivity contribution in [2.24, 2.45) is 0 Å². The zero-order valence-corrected chi connectivity index (χ0v) is 6.25. The van der Waals surface area contributed by atoms with E-state index < -0.39 is 0 Å². The topological polar surface area (TPSA) is 16.8 Å². The highest BCUT2D eigenvalue weighted by molar-refractivity contribution is 6.30. The summed E-state index contributed by atoms with van der Waals surface area (Å²) in [5, 5.41) is 4.90. The molecule has 52 valence electrons. The Morgan fingerprint density at radius 3 is 3.00 bits per heavy atom. The van der Waals surface area contributed by atoms with E-state index in [1.165, 1.54) is 12.8 Å².